The molecule has 0 aliphatic rings. The van der Waals surface area contributed by atoms with Crippen LogP contribution in [0.15, 0.2) is 41.0 Å². The summed E-state index contributed by atoms with van der Waals surface area (Å²) >= 11 is 3.26. The van der Waals surface area contributed by atoms with Crippen LogP contribution in [-0.4, -0.2) is 24.4 Å². The zero-order valence-corrected chi connectivity index (χ0v) is 14.7. The van der Waals surface area contributed by atoms with Gasteiger partial charge in [-0.2, -0.15) is 10.2 Å². The first-order valence-corrected chi connectivity index (χ1v) is 7.97. The fourth-order valence-electron chi connectivity index (χ4n) is 2.44. The standard InChI is InChI=1S/C17H15BrFN3O2/c1-23-12-4-3-10(16(7-12)24-2)8-20-15-9-21-22-14-6-11(18)5-13(19)17(14)15/h3-7,9H,8H2,1-2H3,(H,20,22). The van der Waals surface area contributed by atoms with E-state index < -0.39 is 0 Å². The average molecular weight is 392 g/mol. The maximum atomic E-state index is 14.3. The third-order valence-corrected chi connectivity index (χ3v) is 4.08. The van der Waals surface area contributed by atoms with E-state index in [1.54, 1.807) is 26.4 Å². The molecular formula is C17H15BrFN3O2. The van der Waals surface area contributed by atoms with E-state index in [4.69, 9.17) is 9.47 Å². The number of nitrogens with zero attached hydrogens (tertiary/aromatic N) is 2. The number of aromatic nitrogens is 2. The highest BCUT2D eigenvalue weighted by Crippen LogP contribution is 2.29. The van der Waals surface area contributed by atoms with E-state index in [1.165, 1.54) is 12.3 Å². The molecule has 0 aliphatic carbocycles. The van der Waals surface area contributed by atoms with Crippen molar-refractivity contribution in [3.63, 3.8) is 0 Å². The second-order valence-corrected chi connectivity index (χ2v) is 5.99. The lowest BCUT2D eigenvalue weighted by Crippen LogP contribution is -2.04. The molecule has 1 N–H and O–H groups in total. The van der Waals surface area contributed by atoms with Crippen molar-refractivity contribution in [3.05, 3.63) is 52.4 Å². The second-order valence-electron chi connectivity index (χ2n) is 5.07. The lowest BCUT2D eigenvalue weighted by Gasteiger charge is -2.13. The Morgan fingerprint density at radius 2 is 2.00 bits per heavy atom. The Kier molecular flexibility index (Phi) is 4.80. The van der Waals surface area contributed by atoms with Crippen molar-refractivity contribution in [2.75, 3.05) is 19.5 Å². The van der Waals surface area contributed by atoms with Crippen molar-refractivity contribution in [3.8, 4) is 11.5 Å². The predicted octanol–water partition coefficient (Wildman–Crippen LogP) is 4.16. The molecule has 0 saturated heterocycles. The van der Waals surface area contributed by atoms with Gasteiger partial charge < -0.3 is 14.8 Å². The van der Waals surface area contributed by atoms with Gasteiger partial charge in [-0.15, -0.1) is 0 Å². The van der Waals surface area contributed by atoms with Gasteiger partial charge in [0.15, 0.2) is 0 Å². The Hall–Kier alpha value is -2.41. The van der Waals surface area contributed by atoms with Gasteiger partial charge in [-0.25, -0.2) is 4.39 Å². The minimum atomic E-state index is -0.363. The third-order valence-electron chi connectivity index (χ3n) is 3.62. The van der Waals surface area contributed by atoms with Crippen LogP contribution in [0, 0.1) is 5.82 Å². The second kappa shape index (κ2) is 7.00. The number of methoxy groups -OCH3 is 2. The molecule has 0 aliphatic heterocycles. The van der Waals surface area contributed by atoms with Gasteiger partial charge in [0.1, 0.15) is 17.3 Å². The number of benzene rings is 2. The Morgan fingerprint density at radius 1 is 1.17 bits per heavy atom. The van der Waals surface area contributed by atoms with E-state index in [9.17, 15) is 4.39 Å². The van der Waals surface area contributed by atoms with Crippen molar-refractivity contribution >= 4 is 32.5 Å². The van der Waals surface area contributed by atoms with Crippen LogP contribution in [0.4, 0.5) is 10.1 Å². The summed E-state index contributed by atoms with van der Waals surface area (Å²) in [6.07, 6.45) is 1.51. The summed E-state index contributed by atoms with van der Waals surface area (Å²) in [5.74, 6) is 1.04. The maximum absolute atomic E-state index is 14.3. The van der Waals surface area contributed by atoms with Gasteiger partial charge in [0.25, 0.3) is 0 Å². The summed E-state index contributed by atoms with van der Waals surface area (Å²) < 4.78 is 25.5. The number of halogens is 2. The molecule has 1 heterocycles. The van der Waals surface area contributed by atoms with Crippen LogP contribution >= 0.6 is 15.9 Å². The molecule has 0 fully saturated rings. The zero-order valence-electron chi connectivity index (χ0n) is 13.1. The molecule has 3 aromatic rings. The van der Waals surface area contributed by atoms with Gasteiger partial charge in [0, 0.05) is 22.6 Å². The van der Waals surface area contributed by atoms with E-state index >= 15 is 0 Å². The highest BCUT2D eigenvalue weighted by atomic mass is 79.9. The van der Waals surface area contributed by atoms with Crippen LogP contribution in [0.5, 0.6) is 11.5 Å². The monoisotopic (exact) mass is 391 g/mol. The molecule has 2 aromatic carbocycles. The average Bonchev–Trinajstić information content (AvgIpc) is 2.59. The fourth-order valence-corrected chi connectivity index (χ4v) is 2.86. The Morgan fingerprint density at radius 3 is 2.75 bits per heavy atom. The Labute approximate surface area is 146 Å². The third kappa shape index (κ3) is 3.26. The maximum Gasteiger partial charge on any atom is 0.135 e. The van der Waals surface area contributed by atoms with Crippen molar-refractivity contribution in [2.24, 2.45) is 0 Å². The molecule has 7 heteroatoms. The summed E-state index contributed by atoms with van der Waals surface area (Å²) in [6, 6.07) is 8.68. The van der Waals surface area contributed by atoms with Crippen molar-refractivity contribution in [2.45, 2.75) is 6.54 Å². The van der Waals surface area contributed by atoms with Gasteiger partial charge in [-0.05, 0) is 24.3 Å². The minimum absolute atomic E-state index is 0.363. The van der Waals surface area contributed by atoms with Crippen molar-refractivity contribution in [1.82, 2.24) is 10.2 Å². The molecule has 5 nitrogen and oxygen atoms in total. The SMILES string of the molecule is COc1ccc(CNc2cnnc3cc(Br)cc(F)c23)c(OC)c1. The van der Waals surface area contributed by atoms with Crippen LogP contribution in [-0.2, 0) is 6.54 Å². The van der Waals surface area contributed by atoms with E-state index in [2.05, 4.69) is 31.4 Å². The summed E-state index contributed by atoms with van der Waals surface area (Å²) in [5, 5.41) is 11.5. The smallest absolute Gasteiger partial charge is 0.135 e. The Bertz CT molecular complexity index is 889. The molecule has 0 radical (unpaired) electrons. The van der Waals surface area contributed by atoms with Crippen LogP contribution in [0.25, 0.3) is 10.9 Å². The minimum Gasteiger partial charge on any atom is -0.497 e. The summed E-state index contributed by atoms with van der Waals surface area (Å²) in [7, 11) is 3.20. The molecule has 0 bridgehead atoms. The first-order chi connectivity index (χ1) is 11.6. The highest BCUT2D eigenvalue weighted by molar-refractivity contribution is 9.10. The molecule has 24 heavy (non-hydrogen) atoms. The molecule has 1 aromatic heterocycles. The number of fused-ring (bicyclic) bond motifs is 1. The number of nitrogens with one attached hydrogen (secondary N) is 1. The van der Waals surface area contributed by atoms with Crippen LogP contribution < -0.4 is 14.8 Å². The molecule has 0 saturated carbocycles. The Balaban J connectivity index is 1.92. The molecular weight excluding hydrogens is 377 g/mol. The molecule has 3 rings (SSSR count). The van der Waals surface area contributed by atoms with E-state index in [-0.39, 0.29) is 5.82 Å². The van der Waals surface area contributed by atoms with Crippen LogP contribution in [0.3, 0.4) is 0 Å². The largest absolute Gasteiger partial charge is 0.497 e. The van der Waals surface area contributed by atoms with Gasteiger partial charge in [0.05, 0.1) is 37.0 Å². The van der Waals surface area contributed by atoms with Gasteiger partial charge in [-0.1, -0.05) is 15.9 Å². The molecule has 0 spiro atoms. The van der Waals surface area contributed by atoms with Gasteiger partial charge in [0.2, 0.25) is 0 Å². The fraction of sp³-hybridized carbons (Fsp3) is 0.176. The number of rotatable bonds is 5. The summed E-state index contributed by atoms with van der Waals surface area (Å²) in [6.45, 7) is 0.448. The first-order valence-electron chi connectivity index (χ1n) is 7.17. The highest BCUT2D eigenvalue weighted by Gasteiger charge is 2.11. The lowest BCUT2D eigenvalue weighted by atomic mass is 10.1. The van der Waals surface area contributed by atoms with E-state index in [1.807, 2.05) is 12.1 Å². The van der Waals surface area contributed by atoms with Gasteiger partial charge >= 0.3 is 0 Å². The summed E-state index contributed by atoms with van der Waals surface area (Å²) in [5.41, 5.74) is 1.97. The lowest BCUT2D eigenvalue weighted by molar-refractivity contribution is 0.391. The quantitative estimate of drug-likeness (QED) is 0.707. The van der Waals surface area contributed by atoms with Crippen LogP contribution in [0.2, 0.25) is 0 Å². The number of anilines is 1. The topological polar surface area (TPSA) is 56.3 Å². The first kappa shape index (κ1) is 16.4. The zero-order chi connectivity index (χ0) is 17.1. The molecule has 0 atom stereocenters. The van der Waals surface area contributed by atoms with E-state index in [0.29, 0.717) is 39.1 Å². The molecule has 0 unspecified atom stereocenters. The van der Waals surface area contributed by atoms with Crippen molar-refractivity contribution in [1.29, 1.82) is 0 Å². The van der Waals surface area contributed by atoms with Gasteiger partial charge in [-0.3, -0.25) is 0 Å². The number of ether oxygens (including phenoxy) is 2. The molecule has 124 valence electrons. The number of hydrogen-bond donors (Lipinski definition) is 1. The normalized spacial score (nSPS) is 10.7. The number of hydrogen-bond acceptors (Lipinski definition) is 5. The van der Waals surface area contributed by atoms with Crippen LogP contribution in [0.1, 0.15) is 5.56 Å². The summed E-state index contributed by atoms with van der Waals surface area (Å²) in [4.78, 5) is 0. The van der Waals surface area contributed by atoms with E-state index in [0.717, 1.165) is 5.56 Å². The molecule has 0 amide bonds. The van der Waals surface area contributed by atoms with Crippen molar-refractivity contribution < 1.29 is 13.9 Å². The predicted molar refractivity (Wildman–Crippen MR) is 94.1 cm³/mol.